The number of unbranched alkanes of at least 4 members (excludes halogenated alkanes) is 27. The summed E-state index contributed by atoms with van der Waals surface area (Å²) in [6.45, 7) is 2.38. The molecule has 16 nitrogen and oxygen atoms in total. The molecule has 0 radical (unpaired) electrons. The van der Waals surface area contributed by atoms with Gasteiger partial charge in [0.05, 0.1) is 32.0 Å². The van der Waals surface area contributed by atoms with Gasteiger partial charge in [-0.05, 0) is 12.8 Å². The molecule has 11 N–H and O–H groups in total. The first-order chi connectivity index (χ1) is 32.4. The summed E-state index contributed by atoms with van der Waals surface area (Å²) in [4.78, 5) is 13.3. The van der Waals surface area contributed by atoms with E-state index in [1.807, 2.05) is 0 Å². The Balaban J connectivity index is 1.91. The molecule has 2 saturated heterocycles. The third-order valence-electron chi connectivity index (χ3n) is 13.7. The van der Waals surface area contributed by atoms with Crippen LogP contribution in [0.15, 0.2) is 0 Å². The molecule has 67 heavy (non-hydrogen) atoms. The second-order valence-corrected chi connectivity index (χ2v) is 19.7. The van der Waals surface area contributed by atoms with Crippen LogP contribution in [0.25, 0.3) is 0 Å². The molecule has 0 aromatic rings. The standard InChI is InChI=1S/C51H99NO15/c1-3-5-7-9-11-13-15-17-18-19-21-23-25-27-29-31-33-39(56)49(63)52-37(42(58)38(55)32-30-28-26-24-22-20-16-14-12-10-8-6-4-2)36-64-50-46(62)48(43(59)41(35-54)65-50)67-51-45(61)44(60)47(66-51)40(57)34-53/h37-48,50-51,53-62H,3-36H2,1-2H3,(H,52,63)/t37-,38+,39+,40+,41+,42-,43-,44+,45+,46+,47-,48-,50-,51-/m0/s1. The maximum atomic E-state index is 13.3. The highest BCUT2D eigenvalue weighted by molar-refractivity contribution is 5.80. The van der Waals surface area contributed by atoms with Gasteiger partial charge in [-0.3, -0.25) is 4.79 Å². The number of carbonyl (C=O) groups excluding carboxylic acids is 1. The van der Waals surface area contributed by atoms with Gasteiger partial charge >= 0.3 is 0 Å². The topological polar surface area (TPSA) is 268 Å². The van der Waals surface area contributed by atoms with Crippen molar-refractivity contribution < 1.29 is 74.8 Å². The fraction of sp³-hybridized carbons (Fsp3) is 0.980. The van der Waals surface area contributed by atoms with Crippen LogP contribution in [0.1, 0.15) is 213 Å². The van der Waals surface area contributed by atoms with Gasteiger partial charge < -0.3 is 75.3 Å². The Morgan fingerprint density at radius 1 is 0.537 bits per heavy atom. The highest BCUT2D eigenvalue weighted by Crippen LogP contribution is 2.31. The first-order valence-corrected chi connectivity index (χ1v) is 27.0. The van der Waals surface area contributed by atoms with Crippen molar-refractivity contribution >= 4 is 5.91 Å². The van der Waals surface area contributed by atoms with Crippen LogP contribution in [-0.2, 0) is 23.7 Å². The van der Waals surface area contributed by atoms with Gasteiger partial charge in [0.2, 0.25) is 5.91 Å². The van der Waals surface area contributed by atoms with Gasteiger partial charge in [-0.2, -0.15) is 0 Å². The van der Waals surface area contributed by atoms with Gasteiger partial charge in [0.15, 0.2) is 12.6 Å². The first-order valence-electron chi connectivity index (χ1n) is 27.0. The van der Waals surface area contributed by atoms with E-state index >= 15 is 0 Å². The Hall–Kier alpha value is -1.09. The zero-order chi connectivity index (χ0) is 49.2. The second-order valence-electron chi connectivity index (χ2n) is 19.7. The van der Waals surface area contributed by atoms with Crippen LogP contribution in [-0.4, -0.2) is 163 Å². The summed E-state index contributed by atoms with van der Waals surface area (Å²) < 4.78 is 22.6. The minimum absolute atomic E-state index is 0.203. The molecule has 0 bridgehead atoms. The van der Waals surface area contributed by atoms with E-state index in [4.69, 9.17) is 18.9 Å². The Kier molecular flexibility index (Phi) is 35.7. The molecule has 398 valence electrons. The van der Waals surface area contributed by atoms with Crippen molar-refractivity contribution in [3.63, 3.8) is 0 Å². The SMILES string of the molecule is CCCCCCCCCCCCCCCCCC[C@@H](O)C(=O)N[C@@H](CO[C@H]1O[C@H](CO)[C@H](O)[C@H](O[C@@H]2O[C@@H]([C@H](O)CO)[C@H](O)[C@H]2O)[C@H]1O)[C@H](O)[C@H](O)CCCCCCCCCCCCCCC. The molecule has 0 aromatic heterocycles. The predicted octanol–water partition coefficient (Wildman–Crippen LogP) is 5.33. The van der Waals surface area contributed by atoms with Gasteiger partial charge in [-0.15, -0.1) is 0 Å². The van der Waals surface area contributed by atoms with Crippen molar-refractivity contribution in [2.75, 3.05) is 19.8 Å². The Morgan fingerprint density at radius 3 is 1.40 bits per heavy atom. The van der Waals surface area contributed by atoms with Crippen LogP contribution < -0.4 is 5.32 Å². The average Bonchev–Trinajstić information content (AvgIpc) is 3.61. The molecule has 2 aliphatic heterocycles. The van der Waals surface area contributed by atoms with Gasteiger partial charge in [-0.1, -0.05) is 200 Å². The summed E-state index contributed by atoms with van der Waals surface area (Å²) >= 11 is 0. The molecule has 2 heterocycles. The molecule has 0 spiro atoms. The number of nitrogens with one attached hydrogen (secondary N) is 1. The molecule has 1 amide bonds. The van der Waals surface area contributed by atoms with Crippen molar-refractivity contribution in [2.24, 2.45) is 0 Å². The van der Waals surface area contributed by atoms with Crippen molar-refractivity contribution in [3.8, 4) is 0 Å². The number of ether oxygens (including phenoxy) is 4. The van der Waals surface area contributed by atoms with Crippen molar-refractivity contribution in [2.45, 2.75) is 299 Å². The largest absolute Gasteiger partial charge is 0.394 e. The Morgan fingerprint density at radius 2 is 0.970 bits per heavy atom. The van der Waals surface area contributed by atoms with E-state index in [2.05, 4.69) is 19.2 Å². The molecular formula is C51H99NO15. The lowest BCUT2D eigenvalue weighted by Crippen LogP contribution is -2.62. The van der Waals surface area contributed by atoms with Gasteiger partial charge in [0.1, 0.15) is 61.0 Å². The Bertz CT molecular complexity index is 1180. The first kappa shape index (κ1) is 62.0. The quantitative estimate of drug-likeness (QED) is 0.0345. The summed E-state index contributed by atoms with van der Waals surface area (Å²) in [5.74, 6) is -0.762. The summed E-state index contributed by atoms with van der Waals surface area (Å²) in [5.41, 5.74) is 0. The van der Waals surface area contributed by atoms with E-state index in [9.17, 15) is 55.9 Å². The fourth-order valence-corrected chi connectivity index (χ4v) is 9.24. The molecule has 0 aromatic carbocycles. The van der Waals surface area contributed by atoms with E-state index in [-0.39, 0.29) is 12.8 Å². The number of carbonyl (C=O) groups is 1. The lowest BCUT2D eigenvalue weighted by Gasteiger charge is -2.43. The number of hydrogen-bond acceptors (Lipinski definition) is 15. The molecular weight excluding hydrogens is 867 g/mol. The summed E-state index contributed by atoms with van der Waals surface area (Å²) in [7, 11) is 0. The van der Waals surface area contributed by atoms with Crippen LogP contribution >= 0.6 is 0 Å². The third kappa shape index (κ3) is 25.2. The van der Waals surface area contributed by atoms with E-state index in [1.54, 1.807) is 0 Å². The van der Waals surface area contributed by atoms with Gasteiger partial charge in [0.25, 0.3) is 0 Å². The lowest BCUT2D eigenvalue weighted by atomic mass is 9.98. The third-order valence-corrected chi connectivity index (χ3v) is 13.7. The van der Waals surface area contributed by atoms with Crippen molar-refractivity contribution in [3.05, 3.63) is 0 Å². The molecule has 0 saturated carbocycles. The molecule has 2 rings (SSSR count). The molecule has 14 atom stereocenters. The zero-order valence-electron chi connectivity index (χ0n) is 41.6. The van der Waals surface area contributed by atoms with Crippen LogP contribution in [0.3, 0.4) is 0 Å². The van der Waals surface area contributed by atoms with E-state index < -0.39 is 111 Å². The molecule has 0 aliphatic carbocycles. The second kappa shape index (κ2) is 38.6. The minimum atomic E-state index is -1.82. The smallest absolute Gasteiger partial charge is 0.249 e. The number of amides is 1. The van der Waals surface area contributed by atoms with Gasteiger partial charge in [0, 0.05) is 0 Å². The van der Waals surface area contributed by atoms with Crippen LogP contribution in [0.4, 0.5) is 0 Å². The lowest BCUT2D eigenvalue weighted by molar-refractivity contribution is -0.332. The zero-order valence-corrected chi connectivity index (χ0v) is 41.6. The summed E-state index contributed by atoms with van der Waals surface area (Å²) in [5, 5.41) is 109. The summed E-state index contributed by atoms with van der Waals surface area (Å²) in [6.07, 6.45) is 14.1. The maximum Gasteiger partial charge on any atom is 0.249 e. The van der Waals surface area contributed by atoms with Gasteiger partial charge in [-0.25, -0.2) is 0 Å². The van der Waals surface area contributed by atoms with Crippen molar-refractivity contribution in [1.82, 2.24) is 5.32 Å². The molecule has 2 fully saturated rings. The summed E-state index contributed by atoms with van der Waals surface area (Å²) in [6, 6.07) is -1.28. The van der Waals surface area contributed by atoms with Crippen molar-refractivity contribution in [1.29, 1.82) is 0 Å². The minimum Gasteiger partial charge on any atom is -0.394 e. The highest BCUT2D eigenvalue weighted by atomic mass is 16.7. The number of hydrogen-bond donors (Lipinski definition) is 11. The van der Waals surface area contributed by atoms with Crippen LogP contribution in [0.2, 0.25) is 0 Å². The molecule has 2 aliphatic rings. The number of rotatable bonds is 43. The molecule has 0 unspecified atom stereocenters. The van der Waals surface area contributed by atoms with E-state index in [1.165, 1.54) is 128 Å². The predicted molar refractivity (Wildman–Crippen MR) is 257 cm³/mol. The number of aliphatic hydroxyl groups excluding tert-OH is 10. The molecule has 16 heteroatoms. The van der Waals surface area contributed by atoms with Crippen LogP contribution in [0, 0.1) is 0 Å². The normalized spacial score (nSPS) is 26.7. The van der Waals surface area contributed by atoms with E-state index in [0.717, 1.165) is 44.9 Å². The number of aliphatic hydroxyl groups is 10. The van der Waals surface area contributed by atoms with Crippen LogP contribution in [0.5, 0.6) is 0 Å². The average molecular weight is 966 g/mol. The fourth-order valence-electron chi connectivity index (χ4n) is 9.24. The van der Waals surface area contributed by atoms with E-state index in [0.29, 0.717) is 12.8 Å². The highest BCUT2D eigenvalue weighted by Gasteiger charge is 2.52. The monoisotopic (exact) mass is 966 g/mol. The Labute approximate surface area is 403 Å². The maximum absolute atomic E-state index is 13.3.